The van der Waals surface area contributed by atoms with Gasteiger partial charge in [-0.3, -0.25) is 4.79 Å². The third-order valence-corrected chi connectivity index (χ3v) is 2.87. The number of anilines is 1. The molecular weight excluding hydrogens is 297 g/mol. The molecule has 120 valence electrons. The van der Waals surface area contributed by atoms with Crippen LogP contribution in [0.2, 0.25) is 0 Å². The van der Waals surface area contributed by atoms with E-state index in [2.05, 4.69) is 5.16 Å². The zero-order valence-electron chi connectivity index (χ0n) is 12.7. The van der Waals surface area contributed by atoms with Gasteiger partial charge in [-0.05, 0) is 31.2 Å². The number of carbonyl (C=O) groups is 1. The normalized spacial score (nSPS) is 10.7. The van der Waals surface area contributed by atoms with E-state index in [-0.39, 0.29) is 5.56 Å². The predicted molar refractivity (Wildman–Crippen MR) is 76.8 cm³/mol. The standard InChI is InChI=1S/C13H11F3N2O2.C2H6/c1-8-11(7-17-20-8)12(19)18(2)10-5-3-9(4-6-10)13(14,15)16;1-2/h3-7H,1-2H3;1-2H3. The number of benzene rings is 1. The highest BCUT2D eigenvalue weighted by molar-refractivity contribution is 6.06. The summed E-state index contributed by atoms with van der Waals surface area (Å²) < 4.78 is 42.2. The molecule has 0 aliphatic heterocycles. The van der Waals surface area contributed by atoms with Crippen molar-refractivity contribution in [2.75, 3.05) is 11.9 Å². The summed E-state index contributed by atoms with van der Waals surface area (Å²) in [4.78, 5) is 13.3. The molecule has 1 heterocycles. The van der Waals surface area contributed by atoms with E-state index in [1.165, 1.54) is 30.3 Å². The second-order valence-corrected chi connectivity index (χ2v) is 4.20. The van der Waals surface area contributed by atoms with Crippen LogP contribution in [-0.2, 0) is 6.18 Å². The molecule has 7 heteroatoms. The van der Waals surface area contributed by atoms with E-state index < -0.39 is 17.6 Å². The molecule has 0 N–H and O–H groups in total. The van der Waals surface area contributed by atoms with Crippen LogP contribution in [0.1, 0.15) is 35.5 Å². The maximum atomic E-state index is 12.5. The second-order valence-electron chi connectivity index (χ2n) is 4.20. The van der Waals surface area contributed by atoms with E-state index in [0.717, 1.165) is 12.1 Å². The number of nitrogens with zero attached hydrogens (tertiary/aromatic N) is 2. The minimum atomic E-state index is -4.40. The summed E-state index contributed by atoms with van der Waals surface area (Å²) in [7, 11) is 1.47. The number of amides is 1. The lowest BCUT2D eigenvalue weighted by Gasteiger charge is -2.17. The number of alkyl halides is 3. The van der Waals surface area contributed by atoms with Crippen molar-refractivity contribution in [2.45, 2.75) is 26.9 Å². The maximum absolute atomic E-state index is 12.5. The lowest BCUT2D eigenvalue weighted by atomic mass is 10.1. The van der Waals surface area contributed by atoms with Crippen LogP contribution >= 0.6 is 0 Å². The molecule has 4 nitrogen and oxygen atoms in total. The molecule has 0 atom stereocenters. The summed E-state index contributed by atoms with van der Waals surface area (Å²) in [5.41, 5.74) is -0.140. The number of hydrogen-bond acceptors (Lipinski definition) is 3. The molecular formula is C15H17F3N2O2. The monoisotopic (exact) mass is 314 g/mol. The van der Waals surface area contributed by atoms with E-state index in [1.54, 1.807) is 6.92 Å². The van der Waals surface area contributed by atoms with Gasteiger partial charge in [0.15, 0.2) is 0 Å². The van der Waals surface area contributed by atoms with Crippen LogP contribution in [0.4, 0.5) is 18.9 Å². The highest BCUT2D eigenvalue weighted by atomic mass is 19.4. The van der Waals surface area contributed by atoms with E-state index in [0.29, 0.717) is 11.4 Å². The van der Waals surface area contributed by atoms with Gasteiger partial charge in [-0.25, -0.2) is 0 Å². The molecule has 2 aromatic rings. The lowest BCUT2D eigenvalue weighted by Crippen LogP contribution is -2.26. The Bertz CT molecular complexity index is 618. The Balaban J connectivity index is 0.00000116. The predicted octanol–water partition coefficient (Wildman–Crippen LogP) is 4.30. The van der Waals surface area contributed by atoms with Crippen molar-refractivity contribution in [2.24, 2.45) is 0 Å². The van der Waals surface area contributed by atoms with E-state index in [9.17, 15) is 18.0 Å². The molecule has 0 aliphatic carbocycles. The van der Waals surface area contributed by atoms with Crippen molar-refractivity contribution in [3.63, 3.8) is 0 Å². The first-order valence-corrected chi connectivity index (χ1v) is 6.67. The first-order chi connectivity index (χ1) is 10.3. The van der Waals surface area contributed by atoms with Gasteiger partial charge in [-0.1, -0.05) is 19.0 Å². The average Bonchev–Trinajstić information content (AvgIpc) is 2.93. The summed E-state index contributed by atoms with van der Waals surface area (Å²) in [6, 6.07) is 4.34. The molecule has 0 saturated carbocycles. The molecule has 1 amide bonds. The molecule has 0 aliphatic rings. The lowest BCUT2D eigenvalue weighted by molar-refractivity contribution is -0.137. The molecule has 0 fully saturated rings. The van der Waals surface area contributed by atoms with Crippen molar-refractivity contribution in [1.82, 2.24) is 5.16 Å². The Labute approximate surface area is 126 Å². The molecule has 0 bridgehead atoms. The number of halogens is 3. The van der Waals surface area contributed by atoms with Gasteiger partial charge in [-0.2, -0.15) is 13.2 Å². The highest BCUT2D eigenvalue weighted by Crippen LogP contribution is 2.30. The summed E-state index contributed by atoms with van der Waals surface area (Å²) >= 11 is 0. The third kappa shape index (κ3) is 3.87. The minimum Gasteiger partial charge on any atom is -0.361 e. The molecule has 0 spiro atoms. The quantitative estimate of drug-likeness (QED) is 0.830. The minimum absolute atomic E-state index is 0.271. The van der Waals surface area contributed by atoms with Gasteiger partial charge >= 0.3 is 6.18 Å². The van der Waals surface area contributed by atoms with Gasteiger partial charge in [0.1, 0.15) is 11.3 Å². The largest absolute Gasteiger partial charge is 0.416 e. The van der Waals surface area contributed by atoms with Crippen molar-refractivity contribution in [1.29, 1.82) is 0 Å². The van der Waals surface area contributed by atoms with Gasteiger partial charge in [-0.15, -0.1) is 0 Å². The first-order valence-electron chi connectivity index (χ1n) is 6.67. The van der Waals surface area contributed by atoms with E-state index in [4.69, 9.17) is 4.52 Å². The number of aryl methyl sites for hydroxylation is 1. The Morgan fingerprint density at radius 1 is 1.18 bits per heavy atom. The van der Waals surface area contributed by atoms with Crippen LogP contribution in [0.3, 0.4) is 0 Å². The zero-order chi connectivity index (χ0) is 16.9. The van der Waals surface area contributed by atoms with E-state index >= 15 is 0 Å². The number of rotatable bonds is 2. The van der Waals surface area contributed by atoms with Gasteiger partial charge in [0.05, 0.1) is 11.8 Å². The van der Waals surface area contributed by atoms with Crippen LogP contribution in [-0.4, -0.2) is 18.1 Å². The number of carbonyl (C=O) groups excluding carboxylic acids is 1. The van der Waals surface area contributed by atoms with Crippen molar-refractivity contribution < 1.29 is 22.5 Å². The molecule has 0 radical (unpaired) electrons. The molecule has 0 unspecified atom stereocenters. The Hall–Kier alpha value is -2.31. The van der Waals surface area contributed by atoms with Gasteiger partial charge in [0, 0.05) is 12.7 Å². The zero-order valence-corrected chi connectivity index (χ0v) is 12.7. The first kappa shape index (κ1) is 17.7. The van der Waals surface area contributed by atoms with Crippen LogP contribution < -0.4 is 4.90 Å². The van der Waals surface area contributed by atoms with E-state index in [1.807, 2.05) is 13.8 Å². The number of aromatic nitrogens is 1. The smallest absolute Gasteiger partial charge is 0.361 e. The van der Waals surface area contributed by atoms with Crippen molar-refractivity contribution in [3.8, 4) is 0 Å². The van der Waals surface area contributed by atoms with Gasteiger partial charge < -0.3 is 9.42 Å². The Kier molecular flexibility index (Phi) is 5.73. The van der Waals surface area contributed by atoms with Crippen molar-refractivity contribution in [3.05, 3.63) is 47.3 Å². The van der Waals surface area contributed by atoms with Crippen LogP contribution in [0, 0.1) is 6.92 Å². The molecule has 1 aromatic heterocycles. The topological polar surface area (TPSA) is 46.3 Å². The molecule has 22 heavy (non-hydrogen) atoms. The number of hydrogen-bond donors (Lipinski definition) is 0. The summed E-state index contributed by atoms with van der Waals surface area (Å²) in [6.45, 7) is 5.58. The molecule has 1 aromatic carbocycles. The van der Waals surface area contributed by atoms with Crippen LogP contribution in [0.25, 0.3) is 0 Å². The van der Waals surface area contributed by atoms with Crippen molar-refractivity contribution >= 4 is 11.6 Å². The van der Waals surface area contributed by atoms with Gasteiger partial charge in [0.2, 0.25) is 0 Å². The van der Waals surface area contributed by atoms with Crippen LogP contribution in [0.15, 0.2) is 35.0 Å². The van der Waals surface area contributed by atoms with Gasteiger partial charge in [0.25, 0.3) is 5.91 Å². The summed E-state index contributed by atoms with van der Waals surface area (Å²) in [5, 5.41) is 3.49. The summed E-state index contributed by atoms with van der Waals surface area (Å²) in [6.07, 6.45) is -3.12. The SMILES string of the molecule is CC.Cc1oncc1C(=O)N(C)c1ccc(C(F)(F)F)cc1. The highest BCUT2D eigenvalue weighted by Gasteiger charge is 2.30. The maximum Gasteiger partial charge on any atom is 0.416 e. The average molecular weight is 314 g/mol. The Morgan fingerprint density at radius 3 is 2.14 bits per heavy atom. The fourth-order valence-corrected chi connectivity index (χ4v) is 1.68. The fraction of sp³-hybridized carbons (Fsp3) is 0.333. The Morgan fingerprint density at radius 2 is 1.73 bits per heavy atom. The second kappa shape index (κ2) is 7.11. The molecule has 0 saturated heterocycles. The summed E-state index contributed by atoms with van der Waals surface area (Å²) in [5.74, 6) is -0.0442. The molecule has 2 rings (SSSR count). The fourth-order valence-electron chi connectivity index (χ4n) is 1.68. The third-order valence-electron chi connectivity index (χ3n) is 2.87. The van der Waals surface area contributed by atoms with Crippen LogP contribution in [0.5, 0.6) is 0 Å².